The number of nitrogens with two attached hydrogens (primary N) is 1. The first-order valence-corrected chi connectivity index (χ1v) is 14.5. The Balaban J connectivity index is 1.68. The molecule has 0 fully saturated rings. The van der Waals surface area contributed by atoms with Gasteiger partial charge in [0, 0.05) is 29.7 Å². The molecule has 41 heavy (non-hydrogen) atoms. The largest absolute Gasteiger partial charge is 0.368 e. The fourth-order valence-corrected chi connectivity index (χ4v) is 5.54. The van der Waals surface area contributed by atoms with Crippen LogP contribution in [0.2, 0.25) is 0 Å². The molecule has 0 aliphatic carbocycles. The second-order valence-electron chi connectivity index (χ2n) is 9.68. The Morgan fingerprint density at radius 1 is 1.02 bits per heavy atom. The van der Waals surface area contributed by atoms with E-state index < -0.39 is 32.5 Å². The first-order chi connectivity index (χ1) is 19.6. The smallest absolute Gasteiger partial charge is 0.269 e. The molecular formula is C29H28FN7O3S. The van der Waals surface area contributed by atoms with Gasteiger partial charge in [-0.05, 0) is 50.6 Å². The number of aromatic nitrogens is 5. The average molecular weight is 574 g/mol. The monoisotopic (exact) mass is 573 g/mol. The number of hydrogen-bond acceptors (Lipinski definition) is 9. The number of hydrogen-bond donors (Lipinski definition) is 2. The predicted molar refractivity (Wildman–Crippen MR) is 156 cm³/mol. The van der Waals surface area contributed by atoms with Crippen LogP contribution in [0, 0.1) is 5.82 Å². The van der Waals surface area contributed by atoms with Gasteiger partial charge < -0.3 is 11.1 Å². The van der Waals surface area contributed by atoms with E-state index >= 15 is 0 Å². The van der Waals surface area contributed by atoms with E-state index in [0.29, 0.717) is 34.9 Å². The fraction of sp³-hybridized carbons (Fsp3) is 0.207. The molecule has 0 radical (unpaired) electrons. The number of para-hydroxylation sites is 1. The summed E-state index contributed by atoms with van der Waals surface area (Å²) in [5.74, 6) is -0.0523. The van der Waals surface area contributed by atoms with Gasteiger partial charge in [-0.25, -0.2) is 22.8 Å². The Morgan fingerprint density at radius 2 is 1.78 bits per heavy atom. The van der Waals surface area contributed by atoms with Crippen molar-refractivity contribution < 1.29 is 12.8 Å². The van der Waals surface area contributed by atoms with E-state index in [2.05, 4.69) is 20.3 Å². The van der Waals surface area contributed by atoms with Crippen LogP contribution in [0.3, 0.4) is 0 Å². The zero-order chi connectivity index (χ0) is 29.3. The minimum absolute atomic E-state index is 0.0148. The number of nitrogens with zero attached hydrogens (tertiary/aromatic N) is 5. The van der Waals surface area contributed by atoms with E-state index in [1.807, 2.05) is 13.0 Å². The molecule has 210 valence electrons. The van der Waals surface area contributed by atoms with Gasteiger partial charge in [0.25, 0.3) is 5.56 Å². The minimum Gasteiger partial charge on any atom is -0.368 e. The van der Waals surface area contributed by atoms with E-state index in [4.69, 9.17) is 10.7 Å². The highest BCUT2D eigenvalue weighted by molar-refractivity contribution is 7.92. The van der Waals surface area contributed by atoms with Crippen molar-refractivity contribution in [3.8, 4) is 16.8 Å². The van der Waals surface area contributed by atoms with Gasteiger partial charge in [0.15, 0.2) is 9.84 Å². The van der Waals surface area contributed by atoms with Crippen molar-refractivity contribution in [1.29, 1.82) is 0 Å². The molecule has 10 nitrogen and oxygen atoms in total. The van der Waals surface area contributed by atoms with E-state index in [0.717, 1.165) is 0 Å². The average Bonchev–Trinajstić information content (AvgIpc) is 2.96. The summed E-state index contributed by atoms with van der Waals surface area (Å²) in [5, 5.41) is 2.58. The Hall–Kier alpha value is -4.71. The molecule has 3 N–H and O–H groups in total. The summed E-state index contributed by atoms with van der Waals surface area (Å²) in [4.78, 5) is 31.2. The summed E-state index contributed by atoms with van der Waals surface area (Å²) >= 11 is 0. The van der Waals surface area contributed by atoms with Crippen LogP contribution in [0.15, 0.2) is 82.9 Å². The maximum atomic E-state index is 14.8. The molecule has 5 rings (SSSR count). The molecule has 5 aromatic rings. The van der Waals surface area contributed by atoms with Gasteiger partial charge in [-0.15, -0.1) is 0 Å². The highest BCUT2D eigenvalue weighted by Crippen LogP contribution is 2.32. The van der Waals surface area contributed by atoms with E-state index in [1.165, 1.54) is 41.4 Å². The van der Waals surface area contributed by atoms with Gasteiger partial charge in [-0.1, -0.05) is 31.2 Å². The third-order valence-corrected chi connectivity index (χ3v) is 8.82. The highest BCUT2D eigenvalue weighted by atomic mass is 32.2. The number of rotatable bonds is 8. The summed E-state index contributed by atoms with van der Waals surface area (Å²) in [6, 6.07) is 14.1. The topological polar surface area (TPSA) is 146 Å². The molecule has 1 atom stereocenters. The molecule has 0 aliphatic heterocycles. The lowest BCUT2D eigenvalue weighted by atomic mass is 10.1. The molecule has 0 bridgehead atoms. The number of fused-ring (bicyclic) bond motifs is 1. The molecule has 0 aliphatic rings. The first-order valence-electron chi connectivity index (χ1n) is 13.0. The molecule has 0 saturated heterocycles. The number of anilines is 2. The zero-order valence-electron chi connectivity index (χ0n) is 22.6. The van der Waals surface area contributed by atoms with Gasteiger partial charge in [0.05, 0.1) is 27.4 Å². The first kappa shape index (κ1) is 27.8. The van der Waals surface area contributed by atoms with Gasteiger partial charge in [0.1, 0.15) is 22.8 Å². The highest BCUT2D eigenvalue weighted by Gasteiger charge is 2.25. The van der Waals surface area contributed by atoms with E-state index in [1.54, 1.807) is 44.2 Å². The van der Waals surface area contributed by atoms with Crippen molar-refractivity contribution >= 4 is 32.5 Å². The van der Waals surface area contributed by atoms with Crippen molar-refractivity contribution in [1.82, 2.24) is 24.5 Å². The Kier molecular flexibility index (Phi) is 7.50. The minimum atomic E-state index is -3.59. The zero-order valence-corrected chi connectivity index (χ0v) is 23.4. The van der Waals surface area contributed by atoms with Crippen LogP contribution in [0.5, 0.6) is 0 Å². The van der Waals surface area contributed by atoms with Gasteiger partial charge >= 0.3 is 0 Å². The number of sulfone groups is 1. The Labute approximate surface area is 236 Å². The van der Waals surface area contributed by atoms with Gasteiger partial charge in [0.2, 0.25) is 5.95 Å². The second-order valence-corrected chi connectivity index (χ2v) is 12.2. The molecular weight excluding hydrogens is 545 g/mol. The summed E-state index contributed by atoms with van der Waals surface area (Å²) in [6.07, 6.45) is 4.74. The Morgan fingerprint density at radius 3 is 2.49 bits per heavy atom. The van der Waals surface area contributed by atoms with Crippen LogP contribution < -0.4 is 16.6 Å². The number of nitrogen functional groups attached to an aromatic ring is 1. The van der Waals surface area contributed by atoms with Crippen LogP contribution >= 0.6 is 0 Å². The van der Waals surface area contributed by atoms with Crippen molar-refractivity contribution in [2.24, 2.45) is 0 Å². The van der Waals surface area contributed by atoms with Gasteiger partial charge in [-0.2, -0.15) is 4.98 Å². The quantitative estimate of drug-likeness (QED) is 0.270. The SMILES string of the molecule is CCC(Nc1nc(N)ncc1-c1cncc(S(=O)(=O)C(C)C)c1)c1nc2cccc(F)c2c(=O)n1-c1ccccc1. The number of nitrogens with one attached hydrogen (secondary N) is 1. The van der Waals surface area contributed by atoms with E-state index in [9.17, 15) is 17.6 Å². The summed E-state index contributed by atoms with van der Waals surface area (Å²) in [6.45, 7) is 5.10. The number of pyridine rings is 1. The molecule has 1 unspecified atom stereocenters. The normalized spacial score (nSPS) is 12.5. The van der Waals surface area contributed by atoms with Crippen LogP contribution in [-0.2, 0) is 9.84 Å². The van der Waals surface area contributed by atoms with Crippen LogP contribution in [0.4, 0.5) is 16.2 Å². The molecule has 0 spiro atoms. The van der Waals surface area contributed by atoms with Crippen LogP contribution in [-0.4, -0.2) is 38.2 Å². The third-order valence-electron chi connectivity index (χ3n) is 6.70. The maximum absolute atomic E-state index is 14.8. The summed E-state index contributed by atoms with van der Waals surface area (Å²) in [7, 11) is -3.59. The summed E-state index contributed by atoms with van der Waals surface area (Å²) < 4.78 is 41.8. The Bertz CT molecular complexity index is 1910. The van der Waals surface area contributed by atoms with Crippen LogP contribution in [0.1, 0.15) is 39.1 Å². The van der Waals surface area contributed by atoms with Crippen molar-refractivity contribution in [3.05, 3.63) is 95.2 Å². The molecule has 3 aromatic heterocycles. The molecule has 2 aromatic carbocycles. The fourth-order valence-electron chi connectivity index (χ4n) is 4.49. The standard InChI is InChI=1S/C29H28FN7O3S/c1-4-23(27-35-24-12-8-11-22(30)25(24)28(38)37(27)19-9-6-5-7-10-19)34-26-21(16-33-29(31)36-26)18-13-20(15-32-14-18)41(39,40)17(2)3/h5-17,23H,4H2,1-3H3,(H3,31,33,34,36). The summed E-state index contributed by atoms with van der Waals surface area (Å²) in [5.41, 5.74) is 7.04. The van der Waals surface area contributed by atoms with Crippen molar-refractivity contribution in [2.45, 2.75) is 43.4 Å². The number of benzene rings is 2. The lowest BCUT2D eigenvalue weighted by Gasteiger charge is -2.23. The molecule has 12 heteroatoms. The molecule has 3 heterocycles. The number of halogens is 1. The third kappa shape index (κ3) is 5.25. The molecule has 0 amide bonds. The van der Waals surface area contributed by atoms with Crippen molar-refractivity contribution in [3.63, 3.8) is 0 Å². The van der Waals surface area contributed by atoms with E-state index in [-0.39, 0.29) is 21.7 Å². The second kappa shape index (κ2) is 11.0. The molecule has 0 saturated carbocycles. The van der Waals surface area contributed by atoms with Crippen molar-refractivity contribution in [2.75, 3.05) is 11.1 Å². The van der Waals surface area contributed by atoms with Gasteiger partial charge in [-0.3, -0.25) is 14.3 Å². The lowest BCUT2D eigenvalue weighted by molar-refractivity contribution is 0.587. The van der Waals surface area contributed by atoms with Crippen LogP contribution in [0.25, 0.3) is 27.7 Å². The lowest BCUT2D eigenvalue weighted by Crippen LogP contribution is -2.29. The predicted octanol–water partition coefficient (Wildman–Crippen LogP) is 4.70. The maximum Gasteiger partial charge on any atom is 0.269 e.